The summed E-state index contributed by atoms with van der Waals surface area (Å²) in [6.07, 6.45) is 5.12. The van der Waals surface area contributed by atoms with Crippen molar-refractivity contribution in [1.29, 1.82) is 0 Å². The maximum atomic E-state index is 11.9. The van der Waals surface area contributed by atoms with Crippen LogP contribution in [0.3, 0.4) is 0 Å². The van der Waals surface area contributed by atoms with Gasteiger partial charge >= 0.3 is 6.09 Å². The van der Waals surface area contributed by atoms with Gasteiger partial charge in [0, 0.05) is 56.7 Å². The van der Waals surface area contributed by atoms with E-state index in [0.717, 1.165) is 45.8 Å². The summed E-state index contributed by atoms with van der Waals surface area (Å²) >= 11 is 1.93. The van der Waals surface area contributed by atoms with Crippen molar-refractivity contribution in [2.24, 2.45) is 0 Å². The zero-order valence-electron chi connectivity index (χ0n) is 17.9. The molecule has 6 nitrogen and oxygen atoms in total. The summed E-state index contributed by atoms with van der Waals surface area (Å²) in [6, 6.07) is 3.06. The number of carbonyl (C=O) groups is 1. The molecule has 0 aromatic carbocycles. The molecule has 3 saturated heterocycles. The lowest BCUT2D eigenvalue weighted by Gasteiger charge is -2.43. The largest absolute Gasteiger partial charge is 0.450 e. The first kappa shape index (κ1) is 21.1. The number of thiophene rings is 1. The highest BCUT2D eigenvalue weighted by atomic mass is 32.1. The normalized spacial score (nSPS) is 24.9. The lowest BCUT2D eigenvalue weighted by molar-refractivity contribution is 0.0414. The van der Waals surface area contributed by atoms with Crippen LogP contribution in [0.25, 0.3) is 0 Å². The molecular formula is C22H36N4O2S. The van der Waals surface area contributed by atoms with Gasteiger partial charge in [0.05, 0.1) is 6.61 Å². The molecule has 7 heteroatoms. The van der Waals surface area contributed by atoms with Crippen molar-refractivity contribution in [2.75, 3.05) is 59.0 Å². The van der Waals surface area contributed by atoms with Crippen LogP contribution in [-0.2, 0) is 17.8 Å². The van der Waals surface area contributed by atoms with Crippen molar-refractivity contribution >= 4 is 17.4 Å². The van der Waals surface area contributed by atoms with Gasteiger partial charge in [0.1, 0.15) is 0 Å². The number of carbonyl (C=O) groups excluding carboxylic acids is 1. The molecule has 4 heterocycles. The molecule has 0 aliphatic carbocycles. The molecule has 1 unspecified atom stereocenters. The van der Waals surface area contributed by atoms with Crippen LogP contribution in [0.1, 0.15) is 43.0 Å². The smallest absolute Gasteiger partial charge is 0.409 e. The third-order valence-corrected chi connectivity index (χ3v) is 7.50. The van der Waals surface area contributed by atoms with E-state index in [1.165, 1.54) is 55.8 Å². The van der Waals surface area contributed by atoms with Crippen molar-refractivity contribution in [3.63, 3.8) is 0 Å². The molecule has 1 aromatic heterocycles. The summed E-state index contributed by atoms with van der Waals surface area (Å²) in [4.78, 5) is 23.1. The monoisotopic (exact) mass is 420 g/mol. The molecule has 162 valence electrons. The number of piperidine rings is 1. The van der Waals surface area contributed by atoms with E-state index in [2.05, 4.69) is 26.1 Å². The summed E-state index contributed by atoms with van der Waals surface area (Å²) in [6.45, 7) is 13.0. The van der Waals surface area contributed by atoms with Crippen LogP contribution in [-0.4, -0.2) is 90.7 Å². The second-order valence-corrected chi connectivity index (χ2v) is 9.65. The molecule has 3 aliphatic rings. The maximum absolute atomic E-state index is 11.9. The molecule has 0 radical (unpaired) electrons. The van der Waals surface area contributed by atoms with Gasteiger partial charge in [-0.2, -0.15) is 0 Å². The van der Waals surface area contributed by atoms with Crippen LogP contribution >= 0.6 is 11.3 Å². The van der Waals surface area contributed by atoms with Gasteiger partial charge in [-0.25, -0.2) is 4.79 Å². The fourth-order valence-electron chi connectivity index (χ4n) is 4.97. The van der Waals surface area contributed by atoms with E-state index in [9.17, 15) is 4.79 Å². The fraction of sp³-hybridized carbons (Fsp3) is 0.773. The van der Waals surface area contributed by atoms with Crippen molar-refractivity contribution in [2.45, 2.75) is 51.7 Å². The zero-order valence-corrected chi connectivity index (χ0v) is 18.7. The number of piperazine rings is 1. The molecule has 3 fully saturated rings. The molecule has 1 aromatic rings. The average Bonchev–Trinajstić information content (AvgIpc) is 3.41. The van der Waals surface area contributed by atoms with Crippen LogP contribution in [0.4, 0.5) is 4.79 Å². The molecular weight excluding hydrogens is 384 g/mol. The van der Waals surface area contributed by atoms with Gasteiger partial charge in [0.2, 0.25) is 0 Å². The van der Waals surface area contributed by atoms with Gasteiger partial charge in [-0.3, -0.25) is 14.7 Å². The Bertz CT molecular complexity index is 653. The number of likely N-dealkylation sites (tertiary alicyclic amines) is 2. The van der Waals surface area contributed by atoms with Crippen molar-refractivity contribution in [3.8, 4) is 0 Å². The molecule has 1 amide bonds. The third kappa shape index (κ3) is 5.72. The molecule has 4 rings (SSSR count). The van der Waals surface area contributed by atoms with Crippen LogP contribution in [0, 0.1) is 0 Å². The first-order valence-corrected chi connectivity index (χ1v) is 12.3. The van der Waals surface area contributed by atoms with Crippen LogP contribution in [0.2, 0.25) is 0 Å². The lowest BCUT2D eigenvalue weighted by atomic mass is 10.0. The Balaban J connectivity index is 1.24. The Labute approximate surface area is 179 Å². The average molecular weight is 421 g/mol. The Morgan fingerprint density at radius 1 is 1.03 bits per heavy atom. The zero-order chi connectivity index (χ0) is 20.1. The van der Waals surface area contributed by atoms with Gasteiger partial charge < -0.3 is 9.64 Å². The Hall–Kier alpha value is -1.15. The van der Waals surface area contributed by atoms with Crippen LogP contribution in [0.15, 0.2) is 11.4 Å². The summed E-state index contributed by atoms with van der Waals surface area (Å²) in [5.41, 5.74) is 1.50. The van der Waals surface area contributed by atoms with Gasteiger partial charge in [-0.05, 0) is 69.3 Å². The van der Waals surface area contributed by atoms with Gasteiger partial charge in [-0.1, -0.05) is 0 Å². The summed E-state index contributed by atoms with van der Waals surface area (Å²) in [5, 5.41) is 2.36. The predicted molar refractivity (Wildman–Crippen MR) is 117 cm³/mol. The number of nitrogens with zero attached hydrogens (tertiary/aromatic N) is 4. The molecule has 0 spiro atoms. The van der Waals surface area contributed by atoms with E-state index >= 15 is 0 Å². The number of ether oxygens (including phenoxy) is 1. The first-order valence-electron chi connectivity index (χ1n) is 11.4. The first-order chi connectivity index (χ1) is 14.2. The summed E-state index contributed by atoms with van der Waals surface area (Å²) in [5.74, 6) is 0. The van der Waals surface area contributed by atoms with E-state index in [-0.39, 0.29) is 6.09 Å². The second kappa shape index (κ2) is 10.2. The minimum atomic E-state index is -0.153. The van der Waals surface area contributed by atoms with Crippen LogP contribution in [0.5, 0.6) is 0 Å². The highest BCUT2D eigenvalue weighted by Gasteiger charge is 2.30. The van der Waals surface area contributed by atoms with Crippen LogP contribution < -0.4 is 0 Å². The SMILES string of the molecule is CCOC(=O)N1CCN(C2CCCN(Cc3cc(CN4CCCC4)cs3)C2)CC1. The minimum Gasteiger partial charge on any atom is -0.450 e. The highest BCUT2D eigenvalue weighted by Crippen LogP contribution is 2.24. The van der Waals surface area contributed by atoms with E-state index in [0.29, 0.717) is 12.6 Å². The molecule has 0 saturated carbocycles. The molecule has 0 bridgehead atoms. The van der Waals surface area contributed by atoms with Crippen molar-refractivity contribution in [1.82, 2.24) is 19.6 Å². The number of amides is 1. The standard InChI is InChI=1S/C22H36N4O2S/c1-2-28-22(27)26-12-10-25(11-13-26)20-6-5-9-24(16-20)17-21-14-19(18-29-21)15-23-7-3-4-8-23/h14,18,20H,2-13,15-17H2,1H3. The molecule has 29 heavy (non-hydrogen) atoms. The van der Waals surface area contributed by atoms with E-state index in [1.807, 2.05) is 23.2 Å². The second-order valence-electron chi connectivity index (χ2n) is 8.66. The summed E-state index contributed by atoms with van der Waals surface area (Å²) < 4.78 is 5.15. The van der Waals surface area contributed by atoms with Crippen molar-refractivity contribution < 1.29 is 9.53 Å². The Kier molecular flexibility index (Phi) is 7.45. The van der Waals surface area contributed by atoms with Gasteiger partial charge in [-0.15, -0.1) is 11.3 Å². The van der Waals surface area contributed by atoms with Crippen molar-refractivity contribution in [3.05, 3.63) is 21.9 Å². The lowest BCUT2D eigenvalue weighted by Crippen LogP contribution is -2.55. The van der Waals surface area contributed by atoms with Gasteiger partial charge in [0.25, 0.3) is 0 Å². The number of hydrogen-bond acceptors (Lipinski definition) is 6. The number of rotatable bonds is 6. The Morgan fingerprint density at radius 3 is 2.55 bits per heavy atom. The number of hydrogen-bond donors (Lipinski definition) is 0. The van der Waals surface area contributed by atoms with E-state index in [1.54, 1.807) is 0 Å². The fourth-order valence-corrected chi connectivity index (χ4v) is 5.89. The topological polar surface area (TPSA) is 39.3 Å². The predicted octanol–water partition coefficient (Wildman–Crippen LogP) is 3.08. The highest BCUT2D eigenvalue weighted by molar-refractivity contribution is 7.10. The van der Waals surface area contributed by atoms with Gasteiger partial charge in [0.15, 0.2) is 0 Å². The minimum absolute atomic E-state index is 0.153. The Morgan fingerprint density at radius 2 is 1.79 bits per heavy atom. The third-order valence-electron chi connectivity index (χ3n) is 6.53. The molecule has 0 N–H and O–H groups in total. The summed E-state index contributed by atoms with van der Waals surface area (Å²) in [7, 11) is 0. The molecule has 1 atom stereocenters. The maximum Gasteiger partial charge on any atom is 0.409 e. The van der Waals surface area contributed by atoms with E-state index < -0.39 is 0 Å². The van der Waals surface area contributed by atoms with E-state index in [4.69, 9.17) is 4.74 Å². The molecule has 3 aliphatic heterocycles. The quantitative estimate of drug-likeness (QED) is 0.707.